The van der Waals surface area contributed by atoms with Crippen molar-refractivity contribution in [2.24, 2.45) is 45.3 Å². The van der Waals surface area contributed by atoms with Crippen molar-refractivity contribution in [2.45, 2.75) is 92.9 Å². The van der Waals surface area contributed by atoms with Gasteiger partial charge < -0.3 is 0 Å². The summed E-state index contributed by atoms with van der Waals surface area (Å²) in [7, 11) is 0. The Morgan fingerprint density at radius 3 is 2.15 bits per heavy atom. The third-order valence-corrected chi connectivity index (χ3v) is 10.7. The van der Waals surface area contributed by atoms with Crippen LogP contribution in [0.4, 0.5) is 0 Å². The van der Waals surface area contributed by atoms with Gasteiger partial charge in [0.2, 0.25) is 0 Å². The summed E-state index contributed by atoms with van der Waals surface area (Å²) in [4.78, 5) is 25.0. The van der Waals surface area contributed by atoms with Crippen molar-refractivity contribution in [3.8, 4) is 0 Å². The summed E-state index contributed by atoms with van der Waals surface area (Å²) in [5.41, 5.74) is 0.740. The second kappa shape index (κ2) is 5.45. The molecule has 0 N–H and O–H groups in total. The van der Waals surface area contributed by atoms with Gasteiger partial charge in [0.25, 0.3) is 0 Å². The maximum absolute atomic E-state index is 12.7. The highest BCUT2D eigenvalue weighted by Gasteiger charge is 2.68. The molecule has 0 heterocycles. The normalized spacial score (nSPS) is 52.8. The standard InChI is InChI=1S/C24H38O2/c1-15(25)16-9-13-23(5)17(16)7-8-19-22(4)12-11-20(26)21(2,3)18(22)10-14-24(19,23)6/h16-19H,7-14H2,1-6H3/t16-,17-,18+,19-,22+,23-,24-/m1/s1. The number of hydrogen-bond acceptors (Lipinski definition) is 2. The van der Waals surface area contributed by atoms with Crippen molar-refractivity contribution < 1.29 is 9.59 Å². The molecular formula is C24H38O2. The van der Waals surface area contributed by atoms with Crippen molar-refractivity contribution >= 4 is 11.6 Å². The van der Waals surface area contributed by atoms with Gasteiger partial charge in [0, 0.05) is 17.8 Å². The average Bonchev–Trinajstić information content (AvgIpc) is 2.90. The number of hydrogen-bond donors (Lipinski definition) is 0. The zero-order valence-electron chi connectivity index (χ0n) is 17.8. The van der Waals surface area contributed by atoms with E-state index in [-0.39, 0.29) is 10.8 Å². The fourth-order valence-corrected chi connectivity index (χ4v) is 9.03. The average molecular weight is 359 g/mol. The third kappa shape index (κ3) is 2.05. The molecule has 7 atom stereocenters. The molecule has 0 aromatic rings. The third-order valence-electron chi connectivity index (χ3n) is 10.7. The van der Waals surface area contributed by atoms with Crippen LogP contribution in [0.25, 0.3) is 0 Å². The highest BCUT2D eigenvalue weighted by atomic mass is 16.1. The van der Waals surface area contributed by atoms with Crippen LogP contribution < -0.4 is 0 Å². The number of carbonyl (C=O) groups is 2. The summed E-state index contributed by atoms with van der Waals surface area (Å²) < 4.78 is 0. The molecule has 146 valence electrons. The molecule has 4 rings (SSSR count). The van der Waals surface area contributed by atoms with Crippen LogP contribution >= 0.6 is 0 Å². The molecule has 4 fully saturated rings. The van der Waals surface area contributed by atoms with Crippen molar-refractivity contribution in [1.82, 2.24) is 0 Å². The number of Topliss-reactive ketones (excluding diaryl/α,β-unsaturated/α-hetero) is 2. The lowest BCUT2D eigenvalue weighted by Gasteiger charge is -2.68. The molecule has 2 heteroatoms. The summed E-state index contributed by atoms with van der Waals surface area (Å²) in [5, 5.41) is 0. The maximum atomic E-state index is 12.7. The Morgan fingerprint density at radius 2 is 1.50 bits per heavy atom. The van der Waals surface area contributed by atoms with Crippen LogP contribution in [0.1, 0.15) is 92.9 Å². The van der Waals surface area contributed by atoms with Crippen LogP contribution in [0.2, 0.25) is 0 Å². The van der Waals surface area contributed by atoms with Crippen LogP contribution in [0.15, 0.2) is 0 Å². The first-order chi connectivity index (χ1) is 12.0. The van der Waals surface area contributed by atoms with Crippen LogP contribution in [-0.4, -0.2) is 11.6 Å². The first-order valence-corrected chi connectivity index (χ1v) is 11.0. The van der Waals surface area contributed by atoms with Gasteiger partial charge in [-0.2, -0.15) is 0 Å². The highest BCUT2D eigenvalue weighted by Crippen LogP contribution is 2.74. The van der Waals surface area contributed by atoms with Gasteiger partial charge >= 0.3 is 0 Å². The van der Waals surface area contributed by atoms with Crippen LogP contribution in [0, 0.1) is 45.3 Å². The molecule has 0 radical (unpaired) electrons. The Hall–Kier alpha value is -0.660. The molecule has 0 aromatic heterocycles. The molecule has 26 heavy (non-hydrogen) atoms. The van der Waals surface area contributed by atoms with E-state index in [1.165, 1.54) is 32.1 Å². The van der Waals surface area contributed by atoms with Gasteiger partial charge in [-0.15, -0.1) is 0 Å². The van der Waals surface area contributed by atoms with E-state index in [1.807, 2.05) is 6.92 Å². The molecule has 4 saturated carbocycles. The lowest BCUT2D eigenvalue weighted by Crippen LogP contribution is -2.63. The Balaban J connectivity index is 1.74. The number of ketones is 2. The van der Waals surface area contributed by atoms with Crippen molar-refractivity contribution in [3.05, 3.63) is 0 Å². The van der Waals surface area contributed by atoms with Gasteiger partial charge in [0.15, 0.2) is 0 Å². The van der Waals surface area contributed by atoms with Gasteiger partial charge in [-0.1, -0.05) is 34.6 Å². The Bertz CT molecular complexity index is 649. The minimum absolute atomic E-state index is 0.163. The molecule has 0 aromatic carbocycles. The molecule has 2 nitrogen and oxygen atoms in total. The first kappa shape index (κ1) is 18.7. The number of rotatable bonds is 1. The molecule has 4 aliphatic rings. The fourth-order valence-electron chi connectivity index (χ4n) is 9.03. The van der Waals surface area contributed by atoms with E-state index in [1.54, 1.807) is 0 Å². The lowest BCUT2D eigenvalue weighted by molar-refractivity contribution is -0.202. The van der Waals surface area contributed by atoms with Crippen molar-refractivity contribution in [1.29, 1.82) is 0 Å². The second-order valence-corrected chi connectivity index (χ2v) is 11.6. The maximum Gasteiger partial charge on any atom is 0.138 e. The minimum Gasteiger partial charge on any atom is -0.300 e. The molecule has 0 bridgehead atoms. The second-order valence-electron chi connectivity index (χ2n) is 11.6. The van der Waals surface area contributed by atoms with Gasteiger partial charge in [-0.3, -0.25) is 9.59 Å². The SMILES string of the molecule is CC(=O)[C@H]1CC[C@]2(C)[C@@H]1CC[C@@H]1[C@@]3(C)CCC(=O)C(C)(C)[C@@H]3CC[C@]12C. The molecule has 0 amide bonds. The summed E-state index contributed by atoms with van der Waals surface area (Å²) in [6, 6.07) is 0. The van der Waals surface area contributed by atoms with E-state index in [9.17, 15) is 9.59 Å². The largest absolute Gasteiger partial charge is 0.300 e. The molecule has 4 aliphatic carbocycles. The van der Waals surface area contributed by atoms with Crippen LogP contribution in [-0.2, 0) is 9.59 Å². The fraction of sp³-hybridized carbons (Fsp3) is 0.917. The molecule has 0 saturated heterocycles. The Morgan fingerprint density at radius 1 is 0.846 bits per heavy atom. The van der Waals surface area contributed by atoms with Crippen molar-refractivity contribution in [2.75, 3.05) is 0 Å². The van der Waals surface area contributed by atoms with Gasteiger partial charge in [-0.05, 0) is 85.9 Å². The molecular weight excluding hydrogens is 320 g/mol. The summed E-state index contributed by atoms with van der Waals surface area (Å²) >= 11 is 0. The van der Waals surface area contributed by atoms with E-state index in [4.69, 9.17) is 0 Å². The summed E-state index contributed by atoms with van der Waals surface area (Å²) in [6.07, 6.45) is 9.08. The molecule has 0 spiro atoms. The van der Waals surface area contributed by atoms with Crippen molar-refractivity contribution in [3.63, 3.8) is 0 Å². The molecule has 0 unspecified atom stereocenters. The molecule has 0 aliphatic heterocycles. The quantitative estimate of drug-likeness (QED) is 0.591. The zero-order valence-corrected chi connectivity index (χ0v) is 17.8. The Labute approximate surface area is 159 Å². The van der Waals surface area contributed by atoms with E-state index >= 15 is 0 Å². The smallest absolute Gasteiger partial charge is 0.138 e. The van der Waals surface area contributed by atoms with Crippen LogP contribution in [0.3, 0.4) is 0 Å². The number of fused-ring (bicyclic) bond motifs is 5. The predicted octanol–water partition coefficient (Wildman–Crippen LogP) is 5.83. The van der Waals surface area contributed by atoms with E-state index < -0.39 is 0 Å². The summed E-state index contributed by atoms with van der Waals surface area (Å²) in [5.74, 6) is 3.02. The topological polar surface area (TPSA) is 34.1 Å². The van der Waals surface area contributed by atoms with E-state index in [2.05, 4.69) is 34.6 Å². The van der Waals surface area contributed by atoms with Gasteiger partial charge in [-0.25, -0.2) is 0 Å². The van der Waals surface area contributed by atoms with E-state index in [0.29, 0.717) is 46.1 Å². The highest BCUT2D eigenvalue weighted by molar-refractivity contribution is 5.85. The predicted molar refractivity (Wildman–Crippen MR) is 105 cm³/mol. The van der Waals surface area contributed by atoms with Gasteiger partial charge in [0.1, 0.15) is 11.6 Å². The lowest BCUT2D eigenvalue weighted by atomic mass is 9.35. The monoisotopic (exact) mass is 358 g/mol. The Kier molecular flexibility index (Phi) is 3.92. The summed E-state index contributed by atoms with van der Waals surface area (Å²) in [6.45, 7) is 13.9. The van der Waals surface area contributed by atoms with Gasteiger partial charge in [0.05, 0.1) is 0 Å². The number of carbonyl (C=O) groups excluding carboxylic acids is 2. The zero-order chi connectivity index (χ0) is 19.1. The minimum atomic E-state index is -0.163. The first-order valence-electron chi connectivity index (χ1n) is 11.0. The van der Waals surface area contributed by atoms with E-state index in [0.717, 1.165) is 19.3 Å². The van der Waals surface area contributed by atoms with Crippen LogP contribution in [0.5, 0.6) is 0 Å².